The Labute approximate surface area is 126 Å². The number of aliphatic carboxylic acids is 1. The number of carboxylic acids is 1. The van der Waals surface area contributed by atoms with E-state index in [-0.39, 0.29) is 25.8 Å². The Morgan fingerprint density at radius 1 is 1.14 bits per heavy atom. The lowest BCUT2D eigenvalue weighted by molar-refractivity contribution is -0.173. The summed E-state index contributed by atoms with van der Waals surface area (Å²) < 4.78 is 35.6. The molecule has 0 bridgehead atoms. The molecule has 0 aliphatic heterocycles. The van der Waals surface area contributed by atoms with Crippen LogP contribution in [0.25, 0.3) is 0 Å². The molecule has 0 saturated heterocycles. The first-order chi connectivity index (χ1) is 10.2. The molecular weight excluding hydrogens is 305 g/mol. The number of halogens is 3. The molecule has 9 heteroatoms. The molecule has 22 heavy (non-hydrogen) atoms. The number of amides is 2. The molecule has 1 atom stereocenters. The van der Waals surface area contributed by atoms with Gasteiger partial charge in [-0.05, 0) is 19.3 Å². The molecule has 0 aliphatic carbocycles. The van der Waals surface area contributed by atoms with Crippen LogP contribution in [-0.4, -0.2) is 41.7 Å². The van der Waals surface area contributed by atoms with E-state index in [1.807, 2.05) is 6.92 Å². The van der Waals surface area contributed by atoms with E-state index in [0.29, 0.717) is 12.8 Å². The molecular formula is C13H21F3N2O4. The van der Waals surface area contributed by atoms with Crippen molar-refractivity contribution in [3.63, 3.8) is 0 Å². The third-order valence-corrected chi connectivity index (χ3v) is 2.85. The monoisotopic (exact) mass is 326 g/mol. The molecule has 0 saturated carbocycles. The molecule has 6 nitrogen and oxygen atoms in total. The minimum Gasteiger partial charge on any atom is -0.480 e. The number of carbonyl (C=O) groups excluding carboxylic acids is 2. The summed E-state index contributed by atoms with van der Waals surface area (Å²) in [5.74, 6) is -3.59. The van der Waals surface area contributed by atoms with Crippen molar-refractivity contribution in [2.24, 2.45) is 0 Å². The van der Waals surface area contributed by atoms with Gasteiger partial charge < -0.3 is 15.7 Å². The Morgan fingerprint density at radius 2 is 1.77 bits per heavy atom. The lowest BCUT2D eigenvalue weighted by Crippen LogP contribution is -2.40. The molecule has 0 aromatic heterocycles. The number of alkyl halides is 3. The van der Waals surface area contributed by atoms with Gasteiger partial charge in [0.1, 0.15) is 6.04 Å². The Hall–Kier alpha value is -1.80. The highest BCUT2D eigenvalue weighted by Gasteiger charge is 2.38. The highest BCUT2D eigenvalue weighted by atomic mass is 19.4. The Morgan fingerprint density at radius 3 is 2.27 bits per heavy atom. The van der Waals surface area contributed by atoms with E-state index >= 15 is 0 Å². The van der Waals surface area contributed by atoms with Gasteiger partial charge in [0.25, 0.3) is 0 Å². The van der Waals surface area contributed by atoms with Gasteiger partial charge in [-0.2, -0.15) is 13.2 Å². The maximum atomic E-state index is 11.9. The van der Waals surface area contributed by atoms with E-state index in [4.69, 9.17) is 5.11 Å². The number of carbonyl (C=O) groups is 3. The van der Waals surface area contributed by atoms with E-state index in [1.165, 1.54) is 0 Å². The van der Waals surface area contributed by atoms with Crippen LogP contribution in [0.3, 0.4) is 0 Å². The van der Waals surface area contributed by atoms with Gasteiger partial charge in [-0.15, -0.1) is 0 Å². The molecule has 128 valence electrons. The third-order valence-electron chi connectivity index (χ3n) is 2.85. The standard InChI is InChI=1S/C13H21F3N2O4/c1-2-3-6-9(11(20)21)18-10(19)7-4-5-8-17-12(22)13(14,15)16/h9H,2-8H2,1H3,(H,17,22)(H,18,19)(H,20,21). The van der Waals surface area contributed by atoms with Crippen LogP contribution < -0.4 is 10.6 Å². The van der Waals surface area contributed by atoms with Crippen LogP contribution in [0, 0.1) is 0 Å². The summed E-state index contributed by atoms with van der Waals surface area (Å²) in [6, 6.07) is -0.947. The normalized spacial score (nSPS) is 12.5. The second kappa shape index (κ2) is 10.0. The number of rotatable bonds is 10. The Balaban J connectivity index is 3.89. The molecule has 0 radical (unpaired) electrons. The molecule has 0 aromatic carbocycles. The molecule has 0 rings (SSSR count). The Bertz CT molecular complexity index is 386. The van der Waals surface area contributed by atoms with Crippen molar-refractivity contribution in [1.29, 1.82) is 0 Å². The minimum atomic E-state index is -4.91. The summed E-state index contributed by atoms with van der Waals surface area (Å²) in [6.45, 7) is 1.71. The van der Waals surface area contributed by atoms with Crippen molar-refractivity contribution >= 4 is 17.8 Å². The van der Waals surface area contributed by atoms with E-state index in [1.54, 1.807) is 5.32 Å². The first-order valence-electron chi connectivity index (χ1n) is 7.05. The molecule has 3 N–H and O–H groups in total. The van der Waals surface area contributed by atoms with Crippen molar-refractivity contribution in [1.82, 2.24) is 10.6 Å². The van der Waals surface area contributed by atoms with Gasteiger partial charge in [0, 0.05) is 13.0 Å². The van der Waals surface area contributed by atoms with E-state index < -0.39 is 30.0 Å². The van der Waals surface area contributed by atoms with Crippen LogP contribution in [-0.2, 0) is 14.4 Å². The lowest BCUT2D eigenvalue weighted by Gasteiger charge is -2.14. The summed E-state index contributed by atoms with van der Waals surface area (Å²) in [5, 5.41) is 13.0. The van der Waals surface area contributed by atoms with Crippen molar-refractivity contribution in [3.05, 3.63) is 0 Å². The Kier molecular flexibility index (Phi) is 9.20. The predicted octanol–water partition coefficient (Wildman–Crippen LogP) is 1.59. The topological polar surface area (TPSA) is 95.5 Å². The summed E-state index contributed by atoms with van der Waals surface area (Å²) in [5.41, 5.74) is 0. The third kappa shape index (κ3) is 9.19. The second-order valence-electron chi connectivity index (χ2n) is 4.81. The fourth-order valence-electron chi connectivity index (χ4n) is 1.64. The summed E-state index contributed by atoms with van der Waals surface area (Å²) in [4.78, 5) is 33.0. The maximum absolute atomic E-state index is 11.9. The van der Waals surface area contributed by atoms with E-state index in [2.05, 4.69) is 5.32 Å². The molecule has 0 aromatic rings. The molecule has 2 amide bonds. The van der Waals surface area contributed by atoms with Gasteiger partial charge in [0.05, 0.1) is 0 Å². The average molecular weight is 326 g/mol. The SMILES string of the molecule is CCCCC(NC(=O)CCCCNC(=O)C(F)(F)F)C(=O)O. The van der Waals surface area contributed by atoms with Gasteiger partial charge in [-0.3, -0.25) is 9.59 Å². The highest BCUT2D eigenvalue weighted by Crippen LogP contribution is 2.13. The zero-order valence-corrected chi connectivity index (χ0v) is 12.3. The largest absolute Gasteiger partial charge is 0.480 e. The van der Waals surface area contributed by atoms with Crippen molar-refractivity contribution in [2.45, 2.75) is 57.7 Å². The smallest absolute Gasteiger partial charge is 0.471 e. The van der Waals surface area contributed by atoms with Crippen molar-refractivity contribution in [3.8, 4) is 0 Å². The van der Waals surface area contributed by atoms with Gasteiger partial charge >= 0.3 is 18.1 Å². The van der Waals surface area contributed by atoms with Crippen LogP contribution in [0.2, 0.25) is 0 Å². The zero-order valence-electron chi connectivity index (χ0n) is 12.3. The van der Waals surface area contributed by atoms with Crippen LogP contribution >= 0.6 is 0 Å². The van der Waals surface area contributed by atoms with Gasteiger partial charge in [-0.1, -0.05) is 19.8 Å². The number of hydrogen-bond donors (Lipinski definition) is 3. The number of hydrogen-bond acceptors (Lipinski definition) is 3. The second-order valence-corrected chi connectivity index (χ2v) is 4.81. The van der Waals surface area contributed by atoms with Gasteiger partial charge in [0.15, 0.2) is 0 Å². The summed E-state index contributed by atoms with van der Waals surface area (Å²) in [6.07, 6.45) is -2.66. The summed E-state index contributed by atoms with van der Waals surface area (Å²) in [7, 11) is 0. The molecule has 0 fully saturated rings. The van der Waals surface area contributed by atoms with E-state index in [9.17, 15) is 27.6 Å². The molecule has 0 aliphatic rings. The molecule has 0 spiro atoms. The van der Waals surface area contributed by atoms with Crippen LogP contribution in [0.1, 0.15) is 45.4 Å². The van der Waals surface area contributed by atoms with Crippen LogP contribution in [0.5, 0.6) is 0 Å². The molecule has 1 unspecified atom stereocenters. The predicted molar refractivity (Wildman–Crippen MR) is 72.0 cm³/mol. The number of nitrogens with one attached hydrogen (secondary N) is 2. The van der Waals surface area contributed by atoms with Crippen molar-refractivity contribution in [2.75, 3.05) is 6.54 Å². The first kappa shape index (κ1) is 20.2. The van der Waals surface area contributed by atoms with Crippen molar-refractivity contribution < 1.29 is 32.7 Å². The number of carboxylic acid groups (broad SMARTS) is 1. The minimum absolute atomic E-state index is 0.00219. The van der Waals surface area contributed by atoms with Crippen LogP contribution in [0.4, 0.5) is 13.2 Å². The molecule has 0 heterocycles. The fraction of sp³-hybridized carbons (Fsp3) is 0.769. The average Bonchev–Trinajstić information content (AvgIpc) is 2.41. The number of unbranched alkanes of at least 4 members (excludes halogenated alkanes) is 2. The maximum Gasteiger partial charge on any atom is 0.471 e. The first-order valence-corrected chi connectivity index (χ1v) is 7.05. The fourth-order valence-corrected chi connectivity index (χ4v) is 1.64. The van der Waals surface area contributed by atoms with Gasteiger partial charge in [-0.25, -0.2) is 4.79 Å². The van der Waals surface area contributed by atoms with Gasteiger partial charge in [0.2, 0.25) is 5.91 Å². The summed E-state index contributed by atoms with van der Waals surface area (Å²) >= 11 is 0. The zero-order chi connectivity index (χ0) is 17.2. The lowest BCUT2D eigenvalue weighted by atomic mass is 10.1. The van der Waals surface area contributed by atoms with E-state index in [0.717, 1.165) is 6.42 Å². The van der Waals surface area contributed by atoms with Crippen LogP contribution in [0.15, 0.2) is 0 Å². The quantitative estimate of drug-likeness (QED) is 0.531. The highest BCUT2D eigenvalue weighted by molar-refractivity contribution is 5.83.